The van der Waals surface area contributed by atoms with Gasteiger partial charge in [0.15, 0.2) is 6.10 Å². The number of carbonyl (C=O) groups is 4. The molecule has 17 heteroatoms. The minimum atomic E-state index is -5.08. The Labute approximate surface area is 264 Å². The highest BCUT2D eigenvalue weighted by molar-refractivity contribution is 5.88. The highest BCUT2D eigenvalue weighted by Crippen LogP contribution is 2.31. The molecule has 1 aliphatic heterocycles. The van der Waals surface area contributed by atoms with Crippen LogP contribution in [0.3, 0.4) is 0 Å². The molecule has 0 aliphatic carbocycles. The number of ether oxygens (including phenoxy) is 1. The van der Waals surface area contributed by atoms with Gasteiger partial charge in [0.25, 0.3) is 0 Å². The molecule has 0 saturated carbocycles. The van der Waals surface area contributed by atoms with Crippen LogP contribution in [-0.4, -0.2) is 69.8 Å². The SMILES string of the molecule is CC(C)[C@@H](Oc1ccc(CNC(=O)[C@@H]2CCCN2C(=O)CC(N)Cc2cc(C(F)(F)F)ccc2F)cc1)C(=O)O.O=C(O)C(F)(F)F. The molecule has 0 aromatic heterocycles. The van der Waals surface area contributed by atoms with Crippen LogP contribution in [0.2, 0.25) is 0 Å². The lowest BCUT2D eigenvalue weighted by molar-refractivity contribution is -0.192. The van der Waals surface area contributed by atoms with E-state index in [-0.39, 0.29) is 36.8 Å². The van der Waals surface area contributed by atoms with Crippen molar-refractivity contribution in [1.82, 2.24) is 10.2 Å². The number of benzene rings is 2. The zero-order valence-corrected chi connectivity index (χ0v) is 25.2. The van der Waals surface area contributed by atoms with E-state index in [1.54, 1.807) is 38.1 Å². The van der Waals surface area contributed by atoms with Crippen molar-refractivity contribution in [2.24, 2.45) is 11.7 Å². The maximum atomic E-state index is 14.1. The molecule has 260 valence electrons. The first-order valence-electron chi connectivity index (χ1n) is 14.2. The Morgan fingerprint density at radius 1 is 1.02 bits per heavy atom. The lowest BCUT2D eigenvalue weighted by Gasteiger charge is -2.25. The van der Waals surface area contributed by atoms with Gasteiger partial charge in [-0.1, -0.05) is 26.0 Å². The van der Waals surface area contributed by atoms with Crippen LogP contribution >= 0.6 is 0 Å². The normalized spacial score (nSPS) is 16.1. The van der Waals surface area contributed by atoms with E-state index in [9.17, 15) is 50.2 Å². The first-order valence-corrected chi connectivity index (χ1v) is 14.2. The molecule has 2 aromatic carbocycles. The fraction of sp³-hybridized carbons (Fsp3) is 0.467. The first kappa shape index (κ1) is 38.8. The average Bonchev–Trinajstić information content (AvgIpc) is 3.46. The maximum absolute atomic E-state index is 14.1. The Morgan fingerprint density at radius 3 is 2.13 bits per heavy atom. The van der Waals surface area contributed by atoms with Crippen molar-refractivity contribution in [3.63, 3.8) is 0 Å². The molecule has 10 nitrogen and oxygen atoms in total. The minimum Gasteiger partial charge on any atom is -0.478 e. The molecular weight excluding hydrogens is 647 g/mol. The third-order valence-electron chi connectivity index (χ3n) is 6.91. The van der Waals surface area contributed by atoms with Crippen LogP contribution in [0.5, 0.6) is 5.75 Å². The number of amides is 2. The number of hydrogen-bond acceptors (Lipinski definition) is 6. The van der Waals surface area contributed by atoms with E-state index in [2.05, 4.69) is 5.32 Å². The van der Waals surface area contributed by atoms with Crippen LogP contribution in [0.25, 0.3) is 0 Å². The summed E-state index contributed by atoms with van der Waals surface area (Å²) >= 11 is 0. The number of carbonyl (C=O) groups excluding carboxylic acids is 2. The van der Waals surface area contributed by atoms with Crippen molar-refractivity contribution in [2.75, 3.05) is 6.54 Å². The summed E-state index contributed by atoms with van der Waals surface area (Å²) in [5, 5.41) is 19.2. The van der Waals surface area contributed by atoms with Gasteiger partial charge >= 0.3 is 24.3 Å². The van der Waals surface area contributed by atoms with Crippen LogP contribution in [0.1, 0.15) is 49.8 Å². The Balaban J connectivity index is 0.000000984. The van der Waals surface area contributed by atoms with Gasteiger partial charge in [-0.25, -0.2) is 14.0 Å². The van der Waals surface area contributed by atoms with Crippen molar-refractivity contribution < 1.29 is 64.9 Å². The molecule has 1 saturated heterocycles. The van der Waals surface area contributed by atoms with Crippen LogP contribution in [0, 0.1) is 11.7 Å². The van der Waals surface area contributed by atoms with Crippen LogP contribution in [-0.2, 0) is 38.3 Å². The van der Waals surface area contributed by atoms with Crippen molar-refractivity contribution in [3.05, 3.63) is 65.0 Å². The third-order valence-corrected chi connectivity index (χ3v) is 6.91. The zero-order chi connectivity index (χ0) is 35.7. The van der Waals surface area contributed by atoms with Gasteiger partial charge in [0.1, 0.15) is 17.6 Å². The summed E-state index contributed by atoms with van der Waals surface area (Å²) in [6, 6.07) is 7.01. The number of aliphatic carboxylic acids is 2. The average molecular weight is 682 g/mol. The molecule has 3 rings (SSSR count). The van der Waals surface area contributed by atoms with E-state index >= 15 is 0 Å². The largest absolute Gasteiger partial charge is 0.490 e. The Kier molecular flexibility index (Phi) is 13.5. The number of carboxylic acid groups (broad SMARTS) is 2. The maximum Gasteiger partial charge on any atom is 0.490 e. The molecule has 0 bridgehead atoms. The minimum absolute atomic E-state index is 0.165. The Bertz CT molecular complexity index is 1400. The third kappa shape index (κ3) is 12.0. The number of nitrogens with two attached hydrogens (primary N) is 1. The quantitative estimate of drug-likeness (QED) is 0.252. The molecule has 1 heterocycles. The van der Waals surface area contributed by atoms with Gasteiger partial charge in [0, 0.05) is 31.5 Å². The highest BCUT2D eigenvalue weighted by Gasteiger charge is 2.38. The molecule has 2 amide bonds. The summed E-state index contributed by atoms with van der Waals surface area (Å²) in [4.78, 5) is 47.4. The number of rotatable bonds is 11. The fourth-order valence-corrected chi connectivity index (χ4v) is 4.55. The molecule has 3 atom stereocenters. The molecule has 5 N–H and O–H groups in total. The van der Waals surface area contributed by atoms with E-state index < -0.39 is 59.8 Å². The van der Waals surface area contributed by atoms with E-state index in [0.29, 0.717) is 37.3 Å². The van der Waals surface area contributed by atoms with E-state index in [4.69, 9.17) is 20.4 Å². The molecule has 1 aliphatic rings. The van der Waals surface area contributed by atoms with E-state index in [1.807, 2.05) is 0 Å². The predicted octanol–water partition coefficient (Wildman–Crippen LogP) is 4.53. The van der Waals surface area contributed by atoms with Gasteiger partial charge in [0.05, 0.1) is 5.56 Å². The molecule has 1 fully saturated rings. The van der Waals surface area contributed by atoms with Crippen LogP contribution in [0.15, 0.2) is 42.5 Å². The Morgan fingerprint density at radius 2 is 1.62 bits per heavy atom. The number of likely N-dealkylation sites (tertiary alicyclic amines) is 1. The van der Waals surface area contributed by atoms with Crippen LogP contribution < -0.4 is 15.8 Å². The second kappa shape index (κ2) is 16.4. The van der Waals surface area contributed by atoms with E-state index in [0.717, 1.165) is 11.6 Å². The predicted molar refractivity (Wildman–Crippen MR) is 151 cm³/mol. The molecule has 0 spiro atoms. The van der Waals surface area contributed by atoms with Gasteiger partial charge in [-0.05, 0) is 60.7 Å². The number of nitrogens with zero attached hydrogens (tertiary/aromatic N) is 1. The van der Waals surface area contributed by atoms with Gasteiger partial charge in [-0.15, -0.1) is 0 Å². The molecule has 47 heavy (non-hydrogen) atoms. The monoisotopic (exact) mass is 681 g/mol. The van der Waals surface area contributed by atoms with Crippen molar-refractivity contribution in [2.45, 2.75) is 76.6 Å². The lowest BCUT2D eigenvalue weighted by atomic mass is 10.0. The summed E-state index contributed by atoms with van der Waals surface area (Å²) in [5.41, 5.74) is 5.50. The van der Waals surface area contributed by atoms with Gasteiger partial charge < -0.3 is 30.9 Å². The second-order valence-corrected chi connectivity index (χ2v) is 11.0. The van der Waals surface area contributed by atoms with Crippen molar-refractivity contribution >= 4 is 23.8 Å². The number of hydrogen-bond donors (Lipinski definition) is 4. The first-order chi connectivity index (χ1) is 21.7. The van der Waals surface area contributed by atoms with Crippen molar-refractivity contribution in [1.29, 1.82) is 0 Å². The summed E-state index contributed by atoms with van der Waals surface area (Å²) in [6.07, 6.45) is -10.2. The second-order valence-electron chi connectivity index (χ2n) is 11.0. The van der Waals surface area contributed by atoms with Crippen molar-refractivity contribution in [3.8, 4) is 5.75 Å². The summed E-state index contributed by atoms with van der Waals surface area (Å²) in [6.45, 7) is 3.97. The summed E-state index contributed by atoms with van der Waals surface area (Å²) < 4.78 is 90.3. The summed E-state index contributed by atoms with van der Waals surface area (Å²) in [5.74, 6) is -5.31. The molecule has 2 aromatic rings. The van der Waals surface area contributed by atoms with Gasteiger partial charge in [-0.2, -0.15) is 26.3 Å². The number of nitrogens with one attached hydrogen (secondary N) is 1. The fourth-order valence-electron chi connectivity index (χ4n) is 4.55. The number of alkyl halides is 6. The van der Waals surface area contributed by atoms with E-state index in [1.165, 1.54) is 4.90 Å². The Hall–Kier alpha value is -4.41. The smallest absolute Gasteiger partial charge is 0.478 e. The zero-order valence-electron chi connectivity index (χ0n) is 25.2. The number of halogens is 7. The molecule has 0 radical (unpaired) electrons. The van der Waals surface area contributed by atoms with Crippen LogP contribution in [0.4, 0.5) is 30.7 Å². The lowest BCUT2D eigenvalue weighted by Crippen LogP contribution is -2.47. The molecular formula is C30H34F7N3O7. The highest BCUT2D eigenvalue weighted by atomic mass is 19.4. The van der Waals surface area contributed by atoms with Gasteiger partial charge in [-0.3, -0.25) is 9.59 Å². The number of carboxylic acids is 2. The molecule has 1 unspecified atom stereocenters. The van der Waals surface area contributed by atoms with Gasteiger partial charge in [0.2, 0.25) is 11.8 Å². The summed E-state index contributed by atoms with van der Waals surface area (Å²) in [7, 11) is 0. The standard InChI is InChI=1S/C28H33F4N3O5.C2HF3O2/c1-16(2)25(27(38)39)40-21-8-5-17(6-9-21)15-34-26(37)23-4-3-11-35(23)24(36)14-20(33)13-18-12-19(28(30,31)32)7-10-22(18)29;3-2(4,5)1(6)7/h5-10,12,16,20,23,25H,3-4,11,13-15,33H2,1-2H3,(H,34,37)(H,38,39);(H,6,7)/t20?,23-,25+;/m0./s1. The topological polar surface area (TPSA) is 159 Å².